The van der Waals surface area contributed by atoms with Crippen LogP contribution in [0.15, 0.2) is 47.5 Å². The topological polar surface area (TPSA) is 71.0 Å². The van der Waals surface area contributed by atoms with Crippen LogP contribution in [-0.4, -0.2) is 38.4 Å². The minimum Gasteiger partial charge on any atom is -0.338 e. The number of amides is 1. The molecule has 0 unspecified atom stereocenters. The molecule has 3 aromatic rings. The van der Waals surface area contributed by atoms with Gasteiger partial charge in [-0.3, -0.25) is 14.3 Å². The number of aromatic amines is 1. The molecule has 1 fully saturated rings. The number of piperidine rings is 1. The Morgan fingerprint density at radius 3 is 2.60 bits per heavy atom. The number of rotatable bonds is 2. The summed E-state index contributed by atoms with van der Waals surface area (Å²) < 4.78 is 1.79. The van der Waals surface area contributed by atoms with E-state index in [9.17, 15) is 9.59 Å². The van der Waals surface area contributed by atoms with Crippen LogP contribution in [0.3, 0.4) is 0 Å². The van der Waals surface area contributed by atoms with E-state index in [2.05, 4.69) is 9.97 Å². The van der Waals surface area contributed by atoms with Gasteiger partial charge in [-0.1, -0.05) is 11.6 Å². The van der Waals surface area contributed by atoms with Gasteiger partial charge in [-0.2, -0.15) is 0 Å². The maximum absolute atomic E-state index is 12.5. The Morgan fingerprint density at radius 1 is 1.16 bits per heavy atom. The second-order valence-electron chi connectivity index (χ2n) is 6.22. The molecule has 3 heterocycles. The van der Waals surface area contributed by atoms with Gasteiger partial charge in [0.2, 0.25) is 0 Å². The molecule has 1 aliphatic rings. The molecule has 0 radical (unpaired) electrons. The van der Waals surface area contributed by atoms with E-state index in [-0.39, 0.29) is 17.6 Å². The highest BCUT2D eigenvalue weighted by atomic mass is 35.5. The molecule has 0 spiro atoms. The Hall–Kier alpha value is -2.60. The fourth-order valence-corrected chi connectivity index (χ4v) is 3.64. The van der Waals surface area contributed by atoms with Crippen molar-refractivity contribution in [2.24, 2.45) is 0 Å². The first-order valence-electron chi connectivity index (χ1n) is 8.22. The Balaban J connectivity index is 1.54. The van der Waals surface area contributed by atoms with Gasteiger partial charge in [-0.15, -0.1) is 0 Å². The van der Waals surface area contributed by atoms with Gasteiger partial charge in [0.1, 0.15) is 0 Å². The number of nitrogens with one attached hydrogen (secondary N) is 1. The molecule has 7 heteroatoms. The van der Waals surface area contributed by atoms with Gasteiger partial charge in [0, 0.05) is 42.1 Å². The summed E-state index contributed by atoms with van der Waals surface area (Å²) in [5.41, 5.74) is 2.12. The number of carbonyl (C=O) groups excluding carboxylic acids is 1. The van der Waals surface area contributed by atoms with Gasteiger partial charge >= 0.3 is 5.69 Å². The average Bonchev–Trinajstić information content (AvgIpc) is 2.97. The van der Waals surface area contributed by atoms with E-state index in [1.54, 1.807) is 41.2 Å². The standard InChI is InChI=1S/C18H17ClN4O2/c19-13-1-2-16-15(11-13)21-18(25)23(16)14-5-9-22(10-6-14)17(24)12-3-7-20-8-4-12/h1-4,7-8,11,14H,5-6,9-10H2,(H,21,25). The summed E-state index contributed by atoms with van der Waals surface area (Å²) in [6.45, 7) is 1.25. The fraction of sp³-hybridized carbons (Fsp3) is 0.278. The molecule has 128 valence electrons. The number of nitrogens with zero attached hydrogens (tertiary/aromatic N) is 3. The van der Waals surface area contributed by atoms with E-state index in [0.717, 1.165) is 23.9 Å². The summed E-state index contributed by atoms with van der Waals surface area (Å²) in [5.74, 6) is 0.0129. The zero-order chi connectivity index (χ0) is 17.4. The second kappa shape index (κ2) is 6.37. The molecule has 1 saturated heterocycles. The number of H-pyrrole nitrogens is 1. The van der Waals surface area contributed by atoms with Crippen LogP contribution in [0.4, 0.5) is 0 Å². The number of halogens is 1. The quantitative estimate of drug-likeness (QED) is 0.767. The van der Waals surface area contributed by atoms with E-state index in [1.807, 2.05) is 11.0 Å². The predicted molar refractivity (Wildman–Crippen MR) is 96.0 cm³/mol. The van der Waals surface area contributed by atoms with Crippen LogP contribution in [0.5, 0.6) is 0 Å². The van der Waals surface area contributed by atoms with E-state index in [0.29, 0.717) is 23.7 Å². The lowest BCUT2D eigenvalue weighted by Gasteiger charge is -2.32. The number of hydrogen-bond donors (Lipinski definition) is 1. The summed E-state index contributed by atoms with van der Waals surface area (Å²) in [4.78, 5) is 33.5. The highest BCUT2D eigenvalue weighted by Gasteiger charge is 2.26. The molecule has 0 bridgehead atoms. The van der Waals surface area contributed by atoms with Crippen molar-refractivity contribution in [1.29, 1.82) is 0 Å². The predicted octanol–water partition coefficient (Wildman–Crippen LogP) is 2.86. The molecule has 1 amide bonds. The van der Waals surface area contributed by atoms with Crippen molar-refractivity contribution < 1.29 is 4.79 Å². The minimum atomic E-state index is -0.129. The van der Waals surface area contributed by atoms with Crippen LogP contribution < -0.4 is 5.69 Å². The zero-order valence-corrected chi connectivity index (χ0v) is 14.2. The van der Waals surface area contributed by atoms with Crippen LogP contribution >= 0.6 is 11.6 Å². The van der Waals surface area contributed by atoms with Crippen molar-refractivity contribution in [2.75, 3.05) is 13.1 Å². The molecule has 1 aliphatic heterocycles. The first-order valence-corrected chi connectivity index (χ1v) is 8.60. The number of fused-ring (bicyclic) bond motifs is 1. The maximum Gasteiger partial charge on any atom is 0.326 e. The number of benzene rings is 1. The molecular formula is C18H17ClN4O2. The number of carbonyl (C=O) groups is 1. The maximum atomic E-state index is 12.5. The summed E-state index contributed by atoms with van der Waals surface area (Å²) in [6.07, 6.45) is 4.73. The summed E-state index contributed by atoms with van der Waals surface area (Å²) in [6, 6.07) is 8.94. The first-order chi connectivity index (χ1) is 12.1. The second-order valence-corrected chi connectivity index (χ2v) is 6.66. The number of pyridine rings is 1. The molecule has 2 aromatic heterocycles. The normalized spacial score (nSPS) is 15.6. The first kappa shape index (κ1) is 15.9. The van der Waals surface area contributed by atoms with Crippen molar-refractivity contribution in [3.63, 3.8) is 0 Å². The minimum absolute atomic E-state index is 0.0129. The average molecular weight is 357 g/mol. The van der Waals surface area contributed by atoms with Gasteiger partial charge in [0.25, 0.3) is 5.91 Å². The zero-order valence-electron chi connectivity index (χ0n) is 13.5. The number of aromatic nitrogens is 3. The number of imidazole rings is 1. The van der Waals surface area contributed by atoms with Gasteiger partial charge in [0.15, 0.2) is 0 Å². The number of hydrogen-bond acceptors (Lipinski definition) is 3. The monoisotopic (exact) mass is 356 g/mol. The largest absolute Gasteiger partial charge is 0.338 e. The summed E-state index contributed by atoms with van der Waals surface area (Å²) >= 11 is 6.00. The Labute approximate surface area is 149 Å². The summed E-state index contributed by atoms with van der Waals surface area (Å²) in [7, 11) is 0. The molecule has 0 saturated carbocycles. The fourth-order valence-electron chi connectivity index (χ4n) is 3.47. The third kappa shape index (κ3) is 2.93. The molecule has 25 heavy (non-hydrogen) atoms. The molecule has 0 atom stereocenters. The van der Waals surface area contributed by atoms with E-state index < -0.39 is 0 Å². The van der Waals surface area contributed by atoms with Crippen LogP contribution in [0.25, 0.3) is 11.0 Å². The molecule has 4 rings (SSSR count). The Bertz CT molecular complexity index is 972. The van der Waals surface area contributed by atoms with Gasteiger partial charge in [-0.05, 0) is 43.2 Å². The van der Waals surface area contributed by atoms with Gasteiger partial charge in [-0.25, -0.2) is 4.79 Å². The Kier molecular flexibility index (Phi) is 4.05. The third-order valence-corrected chi connectivity index (χ3v) is 4.96. The van der Waals surface area contributed by atoms with E-state index >= 15 is 0 Å². The highest BCUT2D eigenvalue weighted by Crippen LogP contribution is 2.26. The number of likely N-dealkylation sites (tertiary alicyclic amines) is 1. The van der Waals surface area contributed by atoms with Gasteiger partial charge in [0.05, 0.1) is 11.0 Å². The molecule has 6 nitrogen and oxygen atoms in total. The van der Waals surface area contributed by atoms with Crippen LogP contribution in [-0.2, 0) is 0 Å². The van der Waals surface area contributed by atoms with Crippen LogP contribution in [0, 0.1) is 0 Å². The smallest absolute Gasteiger partial charge is 0.326 e. The van der Waals surface area contributed by atoms with Crippen molar-refractivity contribution in [3.05, 3.63) is 63.8 Å². The lowest BCUT2D eigenvalue weighted by Crippen LogP contribution is -2.40. The molecule has 1 N–H and O–H groups in total. The lowest BCUT2D eigenvalue weighted by molar-refractivity contribution is 0.0695. The van der Waals surface area contributed by atoms with Crippen LogP contribution in [0.2, 0.25) is 5.02 Å². The lowest BCUT2D eigenvalue weighted by atomic mass is 10.0. The van der Waals surface area contributed by atoms with E-state index in [1.165, 1.54) is 0 Å². The van der Waals surface area contributed by atoms with Crippen LogP contribution in [0.1, 0.15) is 29.2 Å². The van der Waals surface area contributed by atoms with E-state index in [4.69, 9.17) is 11.6 Å². The molecule has 1 aromatic carbocycles. The highest BCUT2D eigenvalue weighted by molar-refractivity contribution is 6.31. The molecular weight excluding hydrogens is 340 g/mol. The van der Waals surface area contributed by atoms with Crippen molar-refractivity contribution in [2.45, 2.75) is 18.9 Å². The van der Waals surface area contributed by atoms with Crippen molar-refractivity contribution in [3.8, 4) is 0 Å². The third-order valence-electron chi connectivity index (χ3n) is 4.72. The SMILES string of the molecule is O=C(c1ccncc1)N1CCC(n2c(=O)[nH]c3cc(Cl)ccc32)CC1. The van der Waals surface area contributed by atoms with Crippen molar-refractivity contribution in [1.82, 2.24) is 19.4 Å². The van der Waals surface area contributed by atoms with Gasteiger partial charge < -0.3 is 9.88 Å². The Morgan fingerprint density at radius 2 is 1.88 bits per heavy atom. The van der Waals surface area contributed by atoms with Crippen molar-refractivity contribution >= 4 is 28.5 Å². The molecule has 0 aliphatic carbocycles. The summed E-state index contributed by atoms with van der Waals surface area (Å²) in [5, 5.41) is 0.596.